The van der Waals surface area contributed by atoms with Crippen molar-refractivity contribution in [3.05, 3.63) is 45.3 Å². The first kappa shape index (κ1) is 20.0. The van der Waals surface area contributed by atoms with Crippen molar-refractivity contribution in [3.63, 3.8) is 0 Å². The first-order chi connectivity index (χ1) is 12.2. The predicted octanol–water partition coefficient (Wildman–Crippen LogP) is 4.88. The normalized spacial score (nSPS) is 10.8. The number of methoxy groups -OCH3 is 1. The van der Waals surface area contributed by atoms with Crippen LogP contribution in [0.1, 0.15) is 29.4 Å². The molecule has 0 radical (unpaired) electrons. The van der Waals surface area contributed by atoms with Crippen LogP contribution in [0.15, 0.2) is 18.2 Å². The van der Waals surface area contributed by atoms with Crippen LogP contribution in [0, 0.1) is 5.82 Å². The van der Waals surface area contributed by atoms with E-state index in [4.69, 9.17) is 23.2 Å². The smallest absolute Gasteiger partial charge is 0.358 e. The van der Waals surface area contributed by atoms with Crippen LogP contribution in [0.4, 0.5) is 18.9 Å². The standard InChI is InChI=1S/C16H11Cl2F3N2O3/c1-6(24)22-10-5-9(23-14(12(10)18)16(25)26-2)7-3-4-8(17)13(19)11(7)15(20)21/h3-5,15H,1-2H3,(H,22,23,24). The lowest BCUT2D eigenvalue weighted by atomic mass is 10.0. The number of ether oxygens (including phenoxy) is 1. The molecule has 1 amide bonds. The molecule has 0 spiro atoms. The molecule has 2 rings (SSSR count). The van der Waals surface area contributed by atoms with E-state index >= 15 is 0 Å². The van der Waals surface area contributed by atoms with Gasteiger partial charge in [-0.2, -0.15) is 0 Å². The van der Waals surface area contributed by atoms with Crippen molar-refractivity contribution in [2.45, 2.75) is 13.3 Å². The van der Waals surface area contributed by atoms with Gasteiger partial charge in [0.25, 0.3) is 6.43 Å². The number of hydrogen-bond donors (Lipinski definition) is 1. The van der Waals surface area contributed by atoms with Crippen LogP contribution in [-0.2, 0) is 9.53 Å². The minimum Gasteiger partial charge on any atom is -0.464 e. The zero-order chi connectivity index (χ0) is 19.6. The summed E-state index contributed by atoms with van der Waals surface area (Å²) in [6.45, 7) is 1.18. The molecule has 2 aromatic rings. The van der Waals surface area contributed by atoms with Crippen molar-refractivity contribution >= 4 is 40.8 Å². The van der Waals surface area contributed by atoms with Gasteiger partial charge < -0.3 is 10.1 Å². The highest BCUT2D eigenvalue weighted by Crippen LogP contribution is 2.38. The first-order valence-electron chi connectivity index (χ1n) is 7.00. The summed E-state index contributed by atoms with van der Waals surface area (Å²) in [6, 6.07) is 3.34. The molecule has 0 aliphatic carbocycles. The fraction of sp³-hybridized carbons (Fsp3) is 0.188. The quantitative estimate of drug-likeness (QED) is 0.734. The second-order valence-corrected chi connectivity index (χ2v) is 5.80. The number of anilines is 1. The van der Waals surface area contributed by atoms with Gasteiger partial charge in [0, 0.05) is 12.5 Å². The molecule has 1 N–H and O–H groups in total. The number of alkyl halides is 2. The third-order valence-electron chi connectivity index (χ3n) is 3.27. The van der Waals surface area contributed by atoms with Gasteiger partial charge in [0.05, 0.1) is 34.1 Å². The van der Waals surface area contributed by atoms with Crippen molar-refractivity contribution in [2.24, 2.45) is 0 Å². The molecular formula is C16H11Cl2F3N2O3. The lowest BCUT2D eigenvalue weighted by Crippen LogP contribution is -2.12. The van der Waals surface area contributed by atoms with Gasteiger partial charge in [-0.1, -0.05) is 29.3 Å². The van der Waals surface area contributed by atoms with E-state index in [0.29, 0.717) is 0 Å². The highest BCUT2D eigenvalue weighted by molar-refractivity contribution is 6.36. The van der Waals surface area contributed by atoms with Crippen molar-refractivity contribution in [1.82, 2.24) is 4.98 Å². The summed E-state index contributed by atoms with van der Waals surface area (Å²) in [5, 5.41) is 1.61. The van der Waals surface area contributed by atoms with Crippen molar-refractivity contribution < 1.29 is 27.5 Å². The minimum atomic E-state index is -3.20. The number of aromatic nitrogens is 1. The van der Waals surface area contributed by atoms with Crippen molar-refractivity contribution in [2.75, 3.05) is 12.4 Å². The van der Waals surface area contributed by atoms with Gasteiger partial charge in [0.1, 0.15) is 0 Å². The number of carbonyl (C=O) groups excluding carboxylic acids is 2. The Labute approximate surface area is 156 Å². The van der Waals surface area contributed by atoms with E-state index in [1.54, 1.807) is 0 Å². The van der Waals surface area contributed by atoms with Gasteiger partial charge in [-0.15, -0.1) is 0 Å². The summed E-state index contributed by atoms with van der Waals surface area (Å²) >= 11 is 11.6. The highest BCUT2D eigenvalue weighted by Gasteiger charge is 2.25. The summed E-state index contributed by atoms with van der Waals surface area (Å²) in [4.78, 5) is 27.1. The molecule has 10 heteroatoms. The van der Waals surface area contributed by atoms with Crippen LogP contribution in [0.2, 0.25) is 10.0 Å². The van der Waals surface area contributed by atoms with Gasteiger partial charge in [-0.3, -0.25) is 4.79 Å². The lowest BCUT2D eigenvalue weighted by Gasteiger charge is -2.14. The zero-order valence-corrected chi connectivity index (χ0v) is 14.9. The SMILES string of the molecule is COC(=O)c1nc(-c2ccc(Cl)c(F)c2C(F)F)cc(NC(C)=O)c1Cl. The maximum atomic E-state index is 14.1. The highest BCUT2D eigenvalue weighted by atomic mass is 35.5. The van der Waals surface area contributed by atoms with Gasteiger partial charge >= 0.3 is 5.97 Å². The Hall–Kier alpha value is -2.32. The van der Waals surface area contributed by atoms with E-state index in [1.807, 2.05) is 0 Å². The number of esters is 1. The number of amides is 1. The molecule has 1 aromatic heterocycles. The summed E-state index contributed by atoms with van der Waals surface area (Å²) in [6.07, 6.45) is -3.20. The molecule has 0 aliphatic rings. The number of nitrogens with one attached hydrogen (secondary N) is 1. The maximum absolute atomic E-state index is 14.1. The number of halogens is 5. The monoisotopic (exact) mass is 406 g/mol. The van der Waals surface area contributed by atoms with Crippen molar-refractivity contribution in [3.8, 4) is 11.3 Å². The van der Waals surface area contributed by atoms with Gasteiger partial charge in [0.15, 0.2) is 11.5 Å². The third-order valence-corrected chi connectivity index (χ3v) is 3.95. The van der Waals surface area contributed by atoms with Crippen LogP contribution in [0.3, 0.4) is 0 Å². The van der Waals surface area contributed by atoms with Crippen LogP contribution in [-0.4, -0.2) is 24.0 Å². The Morgan fingerprint density at radius 2 is 1.92 bits per heavy atom. The van der Waals surface area contributed by atoms with Gasteiger partial charge in [-0.05, 0) is 12.1 Å². The largest absolute Gasteiger partial charge is 0.464 e. The van der Waals surface area contributed by atoms with E-state index in [-0.39, 0.29) is 22.0 Å². The van der Waals surface area contributed by atoms with Crippen LogP contribution in [0.5, 0.6) is 0 Å². The average molecular weight is 407 g/mol. The molecule has 0 atom stereocenters. The van der Waals surface area contributed by atoms with Crippen LogP contribution >= 0.6 is 23.2 Å². The Morgan fingerprint density at radius 3 is 2.46 bits per heavy atom. The molecular weight excluding hydrogens is 396 g/mol. The fourth-order valence-corrected chi connectivity index (χ4v) is 2.57. The lowest BCUT2D eigenvalue weighted by molar-refractivity contribution is -0.114. The van der Waals surface area contributed by atoms with E-state index < -0.39 is 40.4 Å². The molecule has 0 saturated carbocycles. The molecule has 0 unspecified atom stereocenters. The van der Waals surface area contributed by atoms with Gasteiger partial charge in [0.2, 0.25) is 5.91 Å². The molecule has 0 bridgehead atoms. The molecule has 1 heterocycles. The number of carbonyl (C=O) groups is 2. The topological polar surface area (TPSA) is 68.3 Å². The number of benzene rings is 1. The summed E-state index contributed by atoms with van der Waals surface area (Å²) < 4.78 is 45.3. The summed E-state index contributed by atoms with van der Waals surface area (Å²) in [5.74, 6) is -2.80. The molecule has 0 fully saturated rings. The Bertz CT molecular complexity index is 892. The summed E-state index contributed by atoms with van der Waals surface area (Å²) in [5.41, 5.74) is -2.01. The summed E-state index contributed by atoms with van der Waals surface area (Å²) in [7, 11) is 1.07. The molecule has 0 saturated heterocycles. The third kappa shape index (κ3) is 3.91. The number of pyridine rings is 1. The second kappa shape index (κ2) is 7.92. The minimum absolute atomic E-state index is 0.0693. The van der Waals surface area contributed by atoms with Crippen molar-refractivity contribution in [1.29, 1.82) is 0 Å². The Kier molecular flexibility index (Phi) is 6.09. The number of rotatable bonds is 4. The van der Waals surface area contributed by atoms with E-state index in [2.05, 4.69) is 15.0 Å². The van der Waals surface area contributed by atoms with E-state index in [0.717, 1.165) is 25.3 Å². The van der Waals surface area contributed by atoms with E-state index in [1.165, 1.54) is 6.92 Å². The number of nitrogens with zero attached hydrogens (tertiary/aromatic N) is 1. The predicted molar refractivity (Wildman–Crippen MR) is 90.3 cm³/mol. The molecule has 5 nitrogen and oxygen atoms in total. The molecule has 0 aliphatic heterocycles. The molecule has 138 valence electrons. The van der Waals surface area contributed by atoms with Crippen LogP contribution < -0.4 is 5.32 Å². The number of hydrogen-bond acceptors (Lipinski definition) is 4. The fourth-order valence-electron chi connectivity index (χ4n) is 2.18. The Morgan fingerprint density at radius 1 is 1.27 bits per heavy atom. The Balaban J connectivity index is 2.80. The zero-order valence-electron chi connectivity index (χ0n) is 13.4. The molecule has 1 aromatic carbocycles. The van der Waals surface area contributed by atoms with Crippen LogP contribution in [0.25, 0.3) is 11.3 Å². The first-order valence-corrected chi connectivity index (χ1v) is 7.75. The van der Waals surface area contributed by atoms with E-state index in [9.17, 15) is 22.8 Å². The van der Waals surface area contributed by atoms with Gasteiger partial charge in [-0.25, -0.2) is 22.9 Å². The second-order valence-electron chi connectivity index (χ2n) is 5.01. The average Bonchev–Trinajstić information content (AvgIpc) is 2.57. The maximum Gasteiger partial charge on any atom is 0.358 e. The molecule has 26 heavy (non-hydrogen) atoms.